The molecule has 1 aliphatic heterocycles. The summed E-state index contributed by atoms with van der Waals surface area (Å²) in [7, 11) is 0. The van der Waals surface area contributed by atoms with Crippen molar-refractivity contribution < 1.29 is 4.74 Å². The minimum Gasteiger partial charge on any atom is -0.462 e. The molecule has 0 saturated carbocycles. The van der Waals surface area contributed by atoms with E-state index in [1.807, 2.05) is 37.4 Å². The van der Waals surface area contributed by atoms with Gasteiger partial charge in [-0.3, -0.25) is 4.90 Å². The van der Waals surface area contributed by atoms with Crippen LogP contribution in [0, 0.1) is 36.5 Å². The Hall–Kier alpha value is -5.17. The fourth-order valence-corrected chi connectivity index (χ4v) is 6.82. The van der Waals surface area contributed by atoms with Crippen LogP contribution >= 0.6 is 11.3 Å². The zero-order valence-electron chi connectivity index (χ0n) is 24.8. The molecule has 6 rings (SSSR count). The third-order valence-electron chi connectivity index (χ3n) is 7.90. The lowest BCUT2D eigenvalue weighted by molar-refractivity contribution is 0.318. The van der Waals surface area contributed by atoms with Gasteiger partial charge in [-0.2, -0.15) is 10.5 Å². The maximum atomic E-state index is 9.28. The number of rotatable bonds is 5. The number of ether oxygens (including phenoxy) is 1. The van der Waals surface area contributed by atoms with E-state index in [9.17, 15) is 10.5 Å². The van der Waals surface area contributed by atoms with E-state index in [0.29, 0.717) is 17.1 Å². The summed E-state index contributed by atoms with van der Waals surface area (Å²) < 4.78 is 5.85. The Balaban J connectivity index is 1.36. The quantitative estimate of drug-likeness (QED) is 0.220. The van der Waals surface area contributed by atoms with Gasteiger partial charge in [0.25, 0.3) is 0 Å². The standard InChI is InChI=1S/C37H30N4OS/c1-23-6-10-28(11-7-23)41(29-12-8-24(2)9-13-29)35-19-33-32(22-40-35)36-34(37(33,4)5)18-31(43-36)15-14-30-17-26(16-25(3)42-30)27(20-38)21-39/h6-19,22H,1-5H3/b15-14+. The summed E-state index contributed by atoms with van der Waals surface area (Å²) in [4.78, 5) is 9.55. The fourth-order valence-electron chi connectivity index (χ4n) is 5.57. The van der Waals surface area contributed by atoms with Gasteiger partial charge in [0.2, 0.25) is 0 Å². The van der Waals surface area contributed by atoms with Crippen LogP contribution in [-0.4, -0.2) is 4.98 Å². The third kappa shape index (κ3) is 5.18. The zero-order valence-corrected chi connectivity index (χ0v) is 25.6. The Bertz CT molecular complexity index is 1900. The average molecular weight is 579 g/mol. The van der Waals surface area contributed by atoms with Gasteiger partial charge in [-0.1, -0.05) is 49.2 Å². The number of nitrogens with zero attached hydrogens (tertiary/aromatic N) is 4. The third-order valence-corrected chi connectivity index (χ3v) is 9.04. The van der Waals surface area contributed by atoms with E-state index < -0.39 is 0 Å². The number of benzene rings is 2. The lowest BCUT2D eigenvalue weighted by Crippen LogP contribution is -2.17. The van der Waals surface area contributed by atoms with Crippen molar-refractivity contribution in [3.8, 4) is 22.6 Å². The highest BCUT2D eigenvalue weighted by molar-refractivity contribution is 7.16. The van der Waals surface area contributed by atoms with E-state index in [2.05, 4.69) is 93.3 Å². The molecule has 0 radical (unpaired) electrons. The minimum atomic E-state index is -0.207. The van der Waals surface area contributed by atoms with Crippen molar-refractivity contribution >= 4 is 34.6 Å². The van der Waals surface area contributed by atoms with E-state index in [4.69, 9.17) is 9.72 Å². The van der Waals surface area contributed by atoms with Crippen molar-refractivity contribution in [3.05, 3.63) is 135 Å². The van der Waals surface area contributed by atoms with Gasteiger partial charge in [-0.15, -0.1) is 11.3 Å². The molecule has 0 bridgehead atoms. The second kappa shape index (κ2) is 10.9. The molecule has 0 fully saturated rings. The second-order valence-corrected chi connectivity index (χ2v) is 12.5. The van der Waals surface area contributed by atoms with Crippen LogP contribution in [0.5, 0.6) is 0 Å². The summed E-state index contributed by atoms with van der Waals surface area (Å²) in [5, 5.41) is 18.6. The van der Waals surface area contributed by atoms with Crippen LogP contribution in [0.3, 0.4) is 0 Å². The fraction of sp³-hybridized carbons (Fsp3) is 0.162. The van der Waals surface area contributed by atoms with Gasteiger partial charge in [-0.05, 0) is 92.6 Å². The van der Waals surface area contributed by atoms with Gasteiger partial charge < -0.3 is 4.74 Å². The van der Waals surface area contributed by atoms with Crippen LogP contribution in [0.15, 0.2) is 108 Å². The molecule has 3 heterocycles. The number of hydrogen-bond acceptors (Lipinski definition) is 6. The largest absolute Gasteiger partial charge is 0.462 e. The first-order valence-electron chi connectivity index (χ1n) is 14.1. The molecule has 0 unspecified atom stereocenters. The molecule has 4 aromatic rings. The first-order chi connectivity index (χ1) is 20.7. The number of aromatic nitrogens is 1. The summed E-state index contributed by atoms with van der Waals surface area (Å²) in [5.74, 6) is 2.11. The van der Waals surface area contributed by atoms with E-state index in [0.717, 1.165) is 27.6 Å². The van der Waals surface area contributed by atoms with Crippen molar-refractivity contribution in [1.29, 1.82) is 10.5 Å². The molecule has 5 nitrogen and oxygen atoms in total. The Labute approximate surface area is 256 Å². The highest BCUT2D eigenvalue weighted by Gasteiger charge is 2.38. The van der Waals surface area contributed by atoms with Crippen molar-refractivity contribution in [1.82, 2.24) is 4.98 Å². The molecule has 0 N–H and O–H groups in total. The van der Waals surface area contributed by atoms with E-state index in [1.165, 1.54) is 27.1 Å². The lowest BCUT2D eigenvalue weighted by Gasteiger charge is -2.27. The molecule has 2 aliphatic rings. The maximum absolute atomic E-state index is 9.28. The zero-order chi connectivity index (χ0) is 30.3. The molecule has 43 heavy (non-hydrogen) atoms. The predicted octanol–water partition coefficient (Wildman–Crippen LogP) is 9.71. The van der Waals surface area contributed by atoms with E-state index >= 15 is 0 Å². The molecular weight excluding hydrogens is 549 g/mol. The molecule has 0 atom stereocenters. The van der Waals surface area contributed by atoms with Crippen LogP contribution in [0.25, 0.3) is 16.5 Å². The van der Waals surface area contributed by atoms with Crippen molar-refractivity contribution in [2.24, 2.45) is 0 Å². The van der Waals surface area contributed by atoms with Gasteiger partial charge in [0.15, 0.2) is 0 Å². The van der Waals surface area contributed by atoms with Gasteiger partial charge in [0, 0.05) is 43.9 Å². The Kier molecular flexibility index (Phi) is 7.10. The molecule has 210 valence electrons. The SMILES string of the molecule is CC1=CC(=C(C#N)C#N)C=C(/C=C/c2cc3c(s2)-c2cnc(N(c4ccc(C)cc4)c4ccc(C)cc4)cc2C3(C)C)O1. The predicted molar refractivity (Wildman–Crippen MR) is 174 cm³/mol. The highest BCUT2D eigenvalue weighted by Crippen LogP contribution is 2.53. The minimum absolute atomic E-state index is 0.0668. The topological polar surface area (TPSA) is 72.9 Å². The van der Waals surface area contributed by atoms with Gasteiger partial charge in [0.1, 0.15) is 35.0 Å². The van der Waals surface area contributed by atoms with E-state index in [1.54, 1.807) is 23.5 Å². The number of aryl methyl sites for hydroxylation is 2. The number of thiophene rings is 1. The molecule has 0 amide bonds. The van der Waals surface area contributed by atoms with Gasteiger partial charge in [-0.25, -0.2) is 4.98 Å². The number of hydrogen-bond donors (Lipinski definition) is 0. The number of fused-ring (bicyclic) bond motifs is 3. The molecule has 0 saturated heterocycles. The van der Waals surface area contributed by atoms with Crippen LogP contribution < -0.4 is 4.90 Å². The molecule has 2 aromatic heterocycles. The summed E-state index contributed by atoms with van der Waals surface area (Å²) >= 11 is 1.73. The number of nitriles is 2. The van der Waals surface area contributed by atoms with E-state index in [-0.39, 0.29) is 11.0 Å². The van der Waals surface area contributed by atoms with Gasteiger partial charge in [0.05, 0.1) is 0 Å². The highest BCUT2D eigenvalue weighted by atomic mass is 32.1. The molecular formula is C37H30N4OS. The second-order valence-electron chi connectivity index (χ2n) is 11.4. The van der Waals surface area contributed by atoms with Crippen molar-refractivity contribution in [2.45, 2.75) is 40.0 Å². The normalized spacial score (nSPS) is 14.6. The van der Waals surface area contributed by atoms with Crippen LogP contribution in [0.4, 0.5) is 17.2 Å². The molecule has 2 aromatic carbocycles. The molecule has 0 spiro atoms. The Morgan fingerprint density at radius 1 is 0.860 bits per heavy atom. The van der Waals surface area contributed by atoms with Crippen LogP contribution in [0.2, 0.25) is 0 Å². The first kappa shape index (κ1) is 28.0. The smallest absolute Gasteiger partial charge is 0.137 e. The number of anilines is 3. The first-order valence-corrected chi connectivity index (χ1v) is 14.9. The monoisotopic (exact) mass is 578 g/mol. The summed E-state index contributed by atoms with van der Waals surface area (Å²) in [6.07, 6.45) is 9.36. The average Bonchev–Trinajstić information content (AvgIpc) is 3.51. The maximum Gasteiger partial charge on any atom is 0.137 e. The lowest BCUT2D eigenvalue weighted by atomic mass is 9.83. The summed E-state index contributed by atoms with van der Waals surface area (Å²) in [5.41, 5.74) is 8.68. The number of pyridine rings is 1. The molecule has 6 heteroatoms. The summed E-state index contributed by atoms with van der Waals surface area (Å²) in [6, 6.07) is 25.5. The Morgan fingerprint density at radius 2 is 1.49 bits per heavy atom. The summed E-state index contributed by atoms with van der Waals surface area (Å²) in [6.45, 7) is 10.6. The van der Waals surface area contributed by atoms with Gasteiger partial charge >= 0.3 is 0 Å². The molecule has 1 aliphatic carbocycles. The van der Waals surface area contributed by atoms with Crippen LogP contribution in [0.1, 0.15) is 47.9 Å². The number of allylic oxidation sites excluding steroid dienone is 6. The van der Waals surface area contributed by atoms with Crippen LogP contribution in [-0.2, 0) is 10.2 Å². The Morgan fingerprint density at radius 3 is 2.09 bits per heavy atom. The van der Waals surface area contributed by atoms with Crippen molar-refractivity contribution in [2.75, 3.05) is 4.90 Å². The van der Waals surface area contributed by atoms with Crippen molar-refractivity contribution in [3.63, 3.8) is 0 Å².